The number of nitrogens with one attached hydrogen (secondary N) is 1. The van der Waals surface area contributed by atoms with Crippen molar-refractivity contribution in [2.45, 2.75) is 19.4 Å². The summed E-state index contributed by atoms with van der Waals surface area (Å²) >= 11 is 12.0. The Balaban J connectivity index is 1.62. The molecule has 0 fully saturated rings. The number of amides is 1. The van der Waals surface area contributed by atoms with Crippen molar-refractivity contribution in [3.8, 4) is 23.0 Å². The molecule has 1 amide bonds. The Kier molecular flexibility index (Phi) is 9.55. The maximum absolute atomic E-state index is 12.5. The summed E-state index contributed by atoms with van der Waals surface area (Å²) in [5, 5.41) is 4.75. The number of esters is 1. The van der Waals surface area contributed by atoms with Crippen LogP contribution in [0.1, 0.15) is 29.3 Å². The van der Waals surface area contributed by atoms with Crippen LogP contribution in [0.3, 0.4) is 0 Å². The molecule has 36 heavy (non-hydrogen) atoms. The number of hydrogen-bond donors (Lipinski definition) is 1. The van der Waals surface area contributed by atoms with Gasteiger partial charge in [0.2, 0.25) is 0 Å². The van der Waals surface area contributed by atoms with Crippen LogP contribution in [0, 0.1) is 0 Å². The molecular weight excluding hydrogens is 507 g/mol. The van der Waals surface area contributed by atoms with E-state index in [1.165, 1.54) is 19.4 Å². The van der Waals surface area contributed by atoms with Gasteiger partial charge in [0.1, 0.15) is 11.5 Å². The van der Waals surface area contributed by atoms with Crippen molar-refractivity contribution in [1.29, 1.82) is 0 Å². The molecule has 8 nitrogen and oxygen atoms in total. The number of rotatable bonds is 10. The molecule has 0 bridgehead atoms. The molecule has 1 N–H and O–H groups in total. The van der Waals surface area contributed by atoms with Crippen LogP contribution in [0.4, 0.5) is 0 Å². The third-order valence-electron chi connectivity index (χ3n) is 4.93. The summed E-state index contributed by atoms with van der Waals surface area (Å²) < 4.78 is 21.6. The summed E-state index contributed by atoms with van der Waals surface area (Å²) in [5.41, 5.74) is 3.41. The van der Waals surface area contributed by atoms with Gasteiger partial charge in [-0.1, -0.05) is 30.1 Å². The van der Waals surface area contributed by atoms with E-state index < -0.39 is 18.0 Å². The highest BCUT2D eigenvalue weighted by Crippen LogP contribution is 2.30. The van der Waals surface area contributed by atoms with E-state index in [1.54, 1.807) is 68.6 Å². The van der Waals surface area contributed by atoms with Gasteiger partial charge < -0.3 is 18.9 Å². The first kappa shape index (κ1) is 26.8. The van der Waals surface area contributed by atoms with Crippen molar-refractivity contribution in [1.82, 2.24) is 5.43 Å². The van der Waals surface area contributed by atoms with Crippen molar-refractivity contribution >= 4 is 41.3 Å². The topological polar surface area (TPSA) is 95.5 Å². The van der Waals surface area contributed by atoms with Gasteiger partial charge in [0.15, 0.2) is 17.6 Å². The Morgan fingerprint density at radius 1 is 0.944 bits per heavy atom. The Morgan fingerprint density at radius 3 is 2.31 bits per heavy atom. The van der Waals surface area contributed by atoms with Crippen LogP contribution in [0.2, 0.25) is 10.0 Å². The zero-order chi connectivity index (χ0) is 26.1. The minimum Gasteiger partial charge on any atom is -0.497 e. The second kappa shape index (κ2) is 12.8. The molecule has 0 unspecified atom stereocenters. The van der Waals surface area contributed by atoms with Gasteiger partial charge in [0, 0.05) is 5.02 Å². The predicted molar refractivity (Wildman–Crippen MR) is 138 cm³/mol. The fraction of sp³-hybridized carbons (Fsp3) is 0.192. The molecule has 188 valence electrons. The first-order chi connectivity index (χ1) is 17.3. The van der Waals surface area contributed by atoms with E-state index in [0.29, 0.717) is 44.8 Å². The van der Waals surface area contributed by atoms with Crippen LogP contribution in [0.25, 0.3) is 0 Å². The molecule has 0 aliphatic carbocycles. The molecule has 0 aromatic heterocycles. The van der Waals surface area contributed by atoms with Gasteiger partial charge in [-0.3, -0.25) is 4.79 Å². The summed E-state index contributed by atoms with van der Waals surface area (Å²) in [6.07, 6.45) is 1.01. The number of ether oxygens (including phenoxy) is 4. The Labute approximate surface area is 218 Å². The zero-order valence-corrected chi connectivity index (χ0v) is 21.3. The maximum Gasteiger partial charge on any atom is 0.343 e. The SMILES string of the molecule is CC[C@H](Oc1ccc(Cl)cc1Cl)C(=O)N/N=C\c1ccc(OC(=O)c2ccc(OC)cc2)c(OC)c1. The van der Waals surface area contributed by atoms with Gasteiger partial charge in [0.25, 0.3) is 5.91 Å². The minimum absolute atomic E-state index is 0.235. The molecule has 0 saturated heterocycles. The molecule has 0 aliphatic rings. The van der Waals surface area contributed by atoms with E-state index in [1.807, 2.05) is 0 Å². The molecule has 0 radical (unpaired) electrons. The van der Waals surface area contributed by atoms with Crippen LogP contribution in [-0.4, -0.2) is 38.4 Å². The summed E-state index contributed by atoms with van der Waals surface area (Å²) in [7, 11) is 3.00. The van der Waals surface area contributed by atoms with Crippen molar-refractivity contribution < 1.29 is 28.5 Å². The van der Waals surface area contributed by atoms with Gasteiger partial charge >= 0.3 is 5.97 Å². The minimum atomic E-state index is -0.810. The van der Waals surface area contributed by atoms with E-state index in [2.05, 4.69) is 10.5 Å². The average Bonchev–Trinajstić information content (AvgIpc) is 2.88. The van der Waals surface area contributed by atoms with Crippen LogP contribution in [-0.2, 0) is 4.79 Å². The van der Waals surface area contributed by atoms with Gasteiger partial charge in [-0.05, 0) is 72.6 Å². The molecule has 10 heteroatoms. The predicted octanol–water partition coefficient (Wildman–Crippen LogP) is 5.54. The van der Waals surface area contributed by atoms with Gasteiger partial charge in [-0.15, -0.1) is 0 Å². The highest BCUT2D eigenvalue weighted by atomic mass is 35.5. The van der Waals surface area contributed by atoms with Crippen LogP contribution < -0.4 is 24.4 Å². The van der Waals surface area contributed by atoms with Crippen molar-refractivity contribution in [2.24, 2.45) is 5.10 Å². The second-order valence-corrected chi connectivity index (χ2v) is 8.20. The standard InChI is InChI=1S/C26H24Cl2N2O6/c1-4-21(35-22-12-8-18(27)14-20(22)28)25(31)30-29-15-16-5-11-23(24(13-16)34-3)36-26(32)17-6-9-19(33-2)10-7-17/h5-15,21H,4H2,1-3H3,(H,30,31)/b29-15-/t21-/m0/s1. The highest BCUT2D eigenvalue weighted by Gasteiger charge is 2.19. The fourth-order valence-electron chi connectivity index (χ4n) is 3.02. The third-order valence-corrected chi connectivity index (χ3v) is 5.46. The number of benzene rings is 3. The number of hydrogen-bond acceptors (Lipinski definition) is 7. The van der Waals surface area contributed by atoms with Crippen LogP contribution in [0.5, 0.6) is 23.0 Å². The van der Waals surface area contributed by atoms with E-state index in [9.17, 15) is 9.59 Å². The van der Waals surface area contributed by atoms with E-state index in [4.69, 9.17) is 42.1 Å². The molecule has 3 rings (SSSR count). The lowest BCUT2D eigenvalue weighted by atomic mass is 10.2. The lowest BCUT2D eigenvalue weighted by Crippen LogP contribution is -2.35. The second-order valence-electron chi connectivity index (χ2n) is 7.35. The van der Waals surface area contributed by atoms with Gasteiger partial charge in [0.05, 0.1) is 31.0 Å². The van der Waals surface area contributed by atoms with Gasteiger partial charge in [-0.2, -0.15) is 5.10 Å². The van der Waals surface area contributed by atoms with E-state index in [0.717, 1.165) is 0 Å². The van der Waals surface area contributed by atoms with Crippen molar-refractivity contribution in [3.05, 3.63) is 81.8 Å². The Bertz CT molecular complexity index is 1250. The summed E-state index contributed by atoms with van der Waals surface area (Å²) in [4.78, 5) is 25.0. The smallest absolute Gasteiger partial charge is 0.343 e. The number of hydrazone groups is 1. The molecular formula is C26H24Cl2N2O6. The van der Waals surface area contributed by atoms with Crippen molar-refractivity contribution in [3.63, 3.8) is 0 Å². The zero-order valence-electron chi connectivity index (χ0n) is 19.8. The molecule has 3 aromatic rings. The molecule has 0 aliphatic heterocycles. The summed E-state index contributed by atoms with van der Waals surface area (Å²) in [6, 6.07) is 16.1. The summed E-state index contributed by atoms with van der Waals surface area (Å²) in [5.74, 6) is 0.535. The maximum atomic E-state index is 12.5. The Hall–Kier alpha value is -3.75. The number of carbonyl (C=O) groups excluding carboxylic acids is 2. The summed E-state index contributed by atoms with van der Waals surface area (Å²) in [6.45, 7) is 1.80. The largest absolute Gasteiger partial charge is 0.497 e. The highest BCUT2D eigenvalue weighted by molar-refractivity contribution is 6.35. The number of carbonyl (C=O) groups is 2. The normalized spacial score (nSPS) is 11.6. The monoisotopic (exact) mass is 530 g/mol. The Morgan fingerprint density at radius 2 is 1.67 bits per heavy atom. The molecule has 0 saturated carbocycles. The molecule has 3 aromatic carbocycles. The van der Waals surface area contributed by atoms with E-state index in [-0.39, 0.29) is 5.75 Å². The van der Waals surface area contributed by atoms with Crippen LogP contribution in [0.15, 0.2) is 65.8 Å². The quantitative estimate of drug-likeness (QED) is 0.160. The average molecular weight is 531 g/mol. The lowest BCUT2D eigenvalue weighted by molar-refractivity contribution is -0.128. The first-order valence-corrected chi connectivity index (χ1v) is 11.6. The molecule has 1 atom stereocenters. The third kappa shape index (κ3) is 7.13. The molecule has 0 spiro atoms. The lowest BCUT2D eigenvalue weighted by Gasteiger charge is -2.16. The number of nitrogens with zero attached hydrogens (tertiary/aromatic N) is 1. The number of halogens is 2. The first-order valence-electron chi connectivity index (χ1n) is 10.8. The van der Waals surface area contributed by atoms with Crippen LogP contribution >= 0.6 is 23.2 Å². The van der Waals surface area contributed by atoms with E-state index >= 15 is 0 Å². The van der Waals surface area contributed by atoms with Gasteiger partial charge in [-0.25, -0.2) is 10.2 Å². The fourth-order valence-corrected chi connectivity index (χ4v) is 3.48. The number of methoxy groups -OCH3 is 2. The molecule has 0 heterocycles. The van der Waals surface area contributed by atoms with Crippen molar-refractivity contribution in [2.75, 3.05) is 14.2 Å².